The maximum absolute atomic E-state index is 12.1. The lowest BCUT2D eigenvalue weighted by atomic mass is 10.4. The Balaban J connectivity index is 3.94. The van der Waals surface area contributed by atoms with Crippen LogP contribution in [0.1, 0.15) is 19.8 Å². The average molecular weight is 220 g/mol. The van der Waals surface area contributed by atoms with Gasteiger partial charge in [0, 0.05) is 0 Å². The van der Waals surface area contributed by atoms with E-state index >= 15 is 0 Å². The van der Waals surface area contributed by atoms with Crippen molar-refractivity contribution in [1.29, 1.82) is 0 Å². The Kier molecular flexibility index (Phi) is 5.60. The van der Waals surface area contributed by atoms with Gasteiger partial charge in [0.2, 0.25) is 0 Å². The summed E-state index contributed by atoms with van der Waals surface area (Å²) >= 11 is 0. The van der Waals surface area contributed by atoms with Gasteiger partial charge in [-0.3, -0.25) is 9.09 Å². The molecule has 0 amide bonds. The molecular formula is C6H12F3O3P. The minimum atomic E-state index is -4.17. The predicted octanol–water partition coefficient (Wildman–Crippen LogP) is 2.55. The molecule has 1 N–H and O–H groups in total. The second-order valence-corrected chi connectivity index (χ2v) is 4.44. The molecule has 0 saturated carbocycles. The Bertz CT molecular complexity index is 188. The lowest BCUT2D eigenvalue weighted by molar-refractivity contribution is -0.0714. The van der Waals surface area contributed by atoms with E-state index in [0.717, 1.165) is 0 Å². The number of hydrogen-bond donors (Lipinski definition) is 1. The Morgan fingerprint density at radius 3 is 2.38 bits per heavy atom. The van der Waals surface area contributed by atoms with E-state index in [4.69, 9.17) is 4.89 Å². The monoisotopic (exact) mass is 220 g/mol. The number of hydrogen-bond acceptors (Lipinski definition) is 2. The standard InChI is InChI=1S/C6H12F3O3P/c1-2-3-4-13(10,11)12-6(9)5(7)8/h5-6H,2-4H2,1H3,(H,10,11). The zero-order chi connectivity index (χ0) is 10.5. The molecule has 0 aromatic rings. The molecule has 0 aliphatic rings. The highest BCUT2D eigenvalue weighted by Crippen LogP contribution is 2.45. The normalized spacial score (nSPS) is 18.6. The van der Waals surface area contributed by atoms with E-state index in [2.05, 4.69) is 4.52 Å². The van der Waals surface area contributed by atoms with Crippen LogP contribution in [0.3, 0.4) is 0 Å². The summed E-state index contributed by atoms with van der Waals surface area (Å²) in [6.07, 6.45) is -5.71. The second-order valence-electron chi connectivity index (χ2n) is 2.51. The van der Waals surface area contributed by atoms with Crippen LogP contribution in [0.2, 0.25) is 0 Å². The molecule has 0 aliphatic carbocycles. The van der Waals surface area contributed by atoms with Crippen LogP contribution in [-0.2, 0) is 9.09 Å². The first-order chi connectivity index (χ1) is 5.89. The minimum Gasteiger partial charge on any atom is -0.324 e. The molecule has 2 unspecified atom stereocenters. The molecule has 80 valence electrons. The highest BCUT2D eigenvalue weighted by Gasteiger charge is 2.29. The summed E-state index contributed by atoms with van der Waals surface area (Å²) in [6, 6.07) is 0. The molecule has 0 spiro atoms. The Morgan fingerprint density at radius 2 is 2.00 bits per heavy atom. The predicted molar refractivity (Wildman–Crippen MR) is 41.6 cm³/mol. The van der Waals surface area contributed by atoms with Gasteiger partial charge < -0.3 is 4.89 Å². The van der Waals surface area contributed by atoms with Crippen LogP contribution in [0.4, 0.5) is 13.2 Å². The first-order valence-electron chi connectivity index (χ1n) is 3.81. The van der Waals surface area contributed by atoms with Crippen molar-refractivity contribution in [3.05, 3.63) is 0 Å². The molecule has 0 radical (unpaired) electrons. The number of alkyl halides is 3. The first kappa shape index (κ1) is 12.9. The van der Waals surface area contributed by atoms with Gasteiger partial charge in [0.15, 0.2) is 0 Å². The van der Waals surface area contributed by atoms with Crippen LogP contribution in [0, 0.1) is 0 Å². The quantitative estimate of drug-likeness (QED) is 0.699. The molecule has 0 saturated heterocycles. The summed E-state index contributed by atoms with van der Waals surface area (Å²) in [5, 5.41) is 0. The van der Waals surface area contributed by atoms with Crippen molar-refractivity contribution in [2.45, 2.75) is 32.5 Å². The summed E-state index contributed by atoms with van der Waals surface area (Å²) in [6.45, 7) is 1.75. The summed E-state index contributed by atoms with van der Waals surface area (Å²) in [7, 11) is -4.17. The van der Waals surface area contributed by atoms with Gasteiger partial charge in [-0.15, -0.1) is 0 Å². The van der Waals surface area contributed by atoms with Gasteiger partial charge in [-0.25, -0.2) is 13.2 Å². The molecule has 0 aromatic heterocycles. The van der Waals surface area contributed by atoms with Crippen molar-refractivity contribution in [3.63, 3.8) is 0 Å². The van der Waals surface area contributed by atoms with Gasteiger partial charge in [0.25, 0.3) is 12.8 Å². The van der Waals surface area contributed by atoms with Gasteiger partial charge >= 0.3 is 7.60 Å². The molecule has 3 nitrogen and oxygen atoms in total. The first-order valence-corrected chi connectivity index (χ1v) is 5.57. The summed E-state index contributed by atoms with van der Waals surface area (Å²) in [5.41, 5.74) is 0. The minimum absolute atomic E-state index is 0.295. The summed E-state index contributed by atoms with van der Waals surface area (Å²) < 4.78 is 49.8. The van der Waals surface area contributed by atoms with Crippen molar-refractivity contribution in [1.82, 2.24) is 0 Å². The molecule has 0 bridgehead atoms. The molecule has 0 heterocycles. The third-order valence-electron chi connectivity index (χ3n) is 1.26. The lowest BCUT2D eigenvalue weighted by Gasteiger charge is -2.14. The van der Waals surface area contributed by atoms with Crippen molar-refractivity contribution in [3.8, 4) is 0 Å². The highest BCUT2D eigenvalue weighted by molar-refractivity contribution is 7.52. The van der Waals surface area contributed by atoms with E-state index in [1.54, 1.807) is 6.92 Å². The van der Waals surface area contributed by atoms with Crippen LogP contribution in [0.5, 0.6) is 0 Å². The second kappa shape index (κ2) is 5.62. The SMILES string of the molecule is CCCCP(=O)(O)OC(F)C(F)F. The van der Waals surface area contributed by atoms with E-state index in [1.807, 2.05) is 0 Å². The molecule has 7 heteroatoms. The molecule has 0 aliphatic heterocycles. The van der Waals surface area contributed by atoms with Crippen molar-refractivity contribution in [2.75, 3.05) is 6.16 Å². The zero-order valence-electron chi connectivity index (χ0n) is 7.12. The van der Waals surface area contributed by atoms with E-state index in [-0.39, 0.29) is 6.16 Å². The molecular weight excluding hydrogens is 208 g/mol. The van der Waals surface area contributed by atoms with Gasteiger partial charge in [-0.2, -0.15) is 0 Å². The van der Waals surface area contributed by atoms with Crippen molar-refractivity contribution >= 4 is 7.60 Å². The fraction of sp³-hybridized carbons (Fsp3) is 1.00. The summed E-state index contributed by atoms with van der Waals surface area (Å²) in [5.74, 6) is 0. The molecule has 13 heavy (non-hydrogen) atoms. The van der Waals surface area contributed by atoms with Crippen LogP contribution < -0.4 is 0 Å². The van der Waals surface area contributed by atoms with Gasteiger partial charge in [-0.05, 0) is 6.42 Å². The van der Waals surface area contributed by atoms with Crippen LogP contribution in [-0.4, -0.2) is 23.8 Å². The van der Waals surface area contributed by atoms with E-state index in [1.165, 1.54) is 0 Å². The van der Waals surface area contributed by atoms with E-state index in [0.29, 0.717) is 12.8 Å². The lowest BCUT2D eigenvalue weighted by Crippen LogP contribution is -2.15. The highest BCUT2D eigenvalue weighted by atomic mass is 31.2. The Hall–Kier alpha value is -0.0600. The van der Waals surface area contributed by atoms with Crippen LogP contribution in [0.25, 0.3) is 0 Å². The summed E-state index contributed by atoms with van der Waals surface area (Å²) in [4.78, 5) is 8.82. The van der Waals surface area contributed by atoms with Crippen LogP contribution >= 0.6 is 7.60 Å². The third-order valence-corrected chi connectivity index (χ3v) is 2.67. The van der Waals surface area contributed by atoms with Crippen LogP contribution in [0.15, 0.2) is 0 Å². The fourth-order valence-electron chi connectivity index (χ4n) is 0.614. The van der Waals surface area contributed by atoms with Gasteiger partial charge in [-0.1, -0.05) is 13.3 Å². The smallest absolute Gasteiger partial charge is 0.324 e. The van der Waals surface area contributed by atoms with Gasteiger partial charge in [0.05, 0.1) is 6.16 Å². The average Bonchev–Trinajstić information content (AvgIpc) is 2.00. The topological polar surface area (TPSA) is 46.5 Å². The molecule has 0 aromatic carbocycles. The third kappa shape index (κ3) is 6.07. The largest absolute Gasteiger partial charge is 0.330 e. The fourth-order valence-corrected chi connectivity index (χ4v) is 1.84. The molecule has 0 rings (SSSR count). The Labute approximate surface area is 74.4 Å². The number of unbranched alkanes of at least 4 members (excludes halogenated alkanes) is 1. The zero-order valence-corrected chi connectivity index (χ0v) is 8.02. The number of rotatable bonds is 6. The van der Waals surface area contributed by atoms with Crippen molar-refractivity contribution < 1.29 is 27.2 Å². The van der Waals surface area contributed by atoms with E-state index < -0.39 is 20.4 Å². The van der Waals surface area contributed by atoms with Crippen molar-refractivity contribution in [2.24, 2.45) is 0 Å². The molecule has 0 fully saturated rings. The van der Waals surface area contributed by atoms with Gasteiger partial charge in [0.1, 0.15) is 0 Å². The number of halogens is 3. The van der Waals surface area contributed by atoms with E-state index in [9.17, 15) is 17.7 Å². The maximum Gasteiger partial charge on any atom is 0.330 e. The maximum atomic E-state index is 12.1. The Morgan fingerprint density at radius 1 is 1.46 bits per heavy atom. The molecule has 2 atom stereocenters.